The highest BCUT2D eigenvalue weighted by atomic mass is 15.0. The summed E-state index contributed by atoms with van der Waals surface area (Å²) in [7, 11) is 0. The van der Waals surface area contributed by atoms with E-state index in [-0.39, 0.29) is 0 Å². The SMILES string of the molecule is C[C@@H]1CC2C[C@@H](C1)C[C@@H](C)C2Cc1ccc(-c2ccc3c(c2)c2ccccc2n3-c2ccc(-c3nc(-c4ccccc4)nc(-c4ccc(C#N)cc4)n3)cc2)cc1. The van der Waals surface area contributed by atoms with Crippen LogP contribution in [-0.4, -0.2) is 19.5 Å². The molecule has 5 heteroatoms. The van der Waals surface area contributed by atoms with Crippen molar-refractivity contribution in [3.8, 4) is 57.0 Å². The van der Waals surface area contributed by atoms with Crippen molar-refractivity contribution in [2.24, 2.45) is 29.6 Å². The molecule has 2 heterocycles. The zero-order chi connectivity index (χ0) is 38.5. The fourth-order valence-electron chi connectivity index (χ4n) is 10.2. The number of rotatable bonds is 7. The highest BCUT2D eigenvalue weighted by molar-refractivity contribution is 6.10. The average Bonchev–Trinajstić information content (AvgIpc) is 3.59. The lowest BCUT2D eigenvalue weighted by Crippen LogP contribution is -2.37. The summed E-state index contributed by atoms with van der Waals surface area (Å²) in [5, 5.41) is 11.8. The number of hydrogen-bond acceptors (Lipinski definition) is 4. The molecule has 2 saturated carbocycles. The molecule has 57 heavy (non-hydrogen) atoms. The summed E-state index contributed by atoms with van der Waals surface area (Å²) >= 11 is 0. The number of para-hydroxylation sites is 1. The highest BCUT2D eigenvalue weighted by Crippen LogP contribution is 2.49. The van der Waals surface area contributed by atoms with Gasteiger partial charge in [-0.05, 0) is 145 Å². The second-order valence-electron chi connectivity index (χ2n) is 16.7. The van der Waals surface area contributed by atoms with Crippen LogP contribution >= 0.6 is 0 Å². The fourth-order valence-corrected chi connectivity index (χ4v) is 10.2. The van der Waals surface area contributed by atoms with Gasteiger partial charge in [0.25, 0.3) is 0 Å². The van der Waals surface area contributed by atoms with Gasteiger partial charge in [-0.3, -0.25) is 0 Å². The minimum Gasteiger partial charge on any atom is -0.309 e. The van der Waals surface area contributed by atoms with Crippen molar-refractivity contribution < 1.29 is 0 Å². The van der Waals surface area contributed by atoms with Crippen molar-refractivity contribution in [2.75, 3.05) is 0 Å². The van der Waals surface area contributed by atoms with Gasteiger partial charge in [0.15, 0.2) is 17.5 Å². The van der Waals surface area contributed by atoms with Gasteiger partial charge >= 0.3 is 0 Å². The minimum absolute atomic E-state index is 0.566. The lowest BCUT2D eigenvalue weighted by Gasteiger charge is -2.46. The van der Waals surface area contributed by atoms with Gasteiger partial charge < -0.3 is 4.57 Å². The number of nitrogens with zero attached hydrogens (tertiary/aromatic N) is 5. The van der Waals surface area contributed by atoms with Gasteiger partial charge in [-0.2, -0.15) is 5.26 Å². The summed E-state index contributed by atoms with van der Waals surface area (Å²) in [6, 6.07) is 53.1. The third kappa shape index (κ3) is 6.70. The van der Waals surface area contributed by atoms with Crippen molar-refractivity contribution in [3.63, 3.8) is 0 Å². The van der Waals surface area contributed by atoms with Crippen molar-refractivity contribution in [2.45, 2.75) is 46.0 Å². The summed E-state index contributed by atoms with van der Waals surface area (Å²) in [6.07, 6.45) is 6.93. The summed E-state index contributed by atoms with van der Waals surface area (Å²) in [5.74, 6) is 6.13. The van der Waals surface area contributed by atoms with E-state index >= 15 is 0 Å². The molecule has 2 unspecified atom stereocenters. The first kappa shape index (κ1) is 35.1. The van der Waals surface area contributed by atoms with Gasteiger partial charge in [0, 0.05) is 33.2 Å². The molecular weight excluding hydrogens is 695 g/mol. The Balaban J connectivity index is 0.965. The Bertz CT molecular complexity index is 2760. The van der Waals surface area contributed by atoms with Crippen LogP contribution in [-0.2, 0) is 6.42 Å². The van der Waals surface area contributed by atoms with E-state index in [4.69, 9.17) is 15.0 Å². The number of hydrogen-bond donors (Lipinski definition) is 0. The molecule has 2 fully saturated rings. The molecular formula is C52H45N5. The van der Waals surface area contributed by atoms with Crippen LogP contribution in [0.1, 0.15) is 50.7 Å². The van der Waals surface area contributed by atoms with Crippen LogP contribution in [0.2, 0.25) is 0 Å². The number of nitriles is 1. The van der Waals surface area contributed by atoms with Crippen LogP contribution in [0.4, 0.5) is 0 Å². The van der Waals surface area contributed by atoms with Crippen LogP contribution in [0.5, 0.6) is 0 Å². The molecule has 2 aliphatic carbocycles. The summed E-state index contributed by atoms with van der Waals surface area (Å²) in [5.41, 5.74) is 10.6. The summed E-state index contributed by atoms with van der Waals surface area (Å²) < 4.78 is 2.36. The Morgan fingerprint density at radius 3 is 1.86 bits per heavy atom. The first-order valence-corrected chi connectivity index (χ1v) is 20.5. The van der Waals surface area contributed by atoms with E-state index < -0.39 is 0 Å². The van der Waals surface area contributed by atoms with E-state index in [0.717, 1.165) is 52.0 Å². The molecule has 6 aromatic carbocycles. The fraction of sp³-hybridized carbons (Fsp3) is 0.231. The second-order valence-corrected chi connectivity index (χ2v) is 16.7. The Morgan fingerprint density at radius 2 is 1.16 bits per heavy atom. The van der Waals surface area contributed by atoms with Crippen molar-refractivity contribution in [3.05, 3.63) is 157 Å². The monoisotopic (exact) mass is 739 g/mol. The lowest BCUT2D eigenvalue weighted by molar-refractivity contribution is 0.0469. The van der Waals surface area contributed by atoms with Gasteiger partial charge in [-0.15, -0.1) is 0 Å². The third-order valence-electron chi connectivity index (χ3n) is 12.9. The van der Waals surface area contributed by atoms with E-state index in [0.29, 0.717) is 23.0 Å². The molecule has 2 aromatic heterocycles. The number of fused-ring (bicyclic) bond motifs is 5. The maximum atomic E-state index is 9.34. The third-order valence-corrected chi connectivity index (χ3v) is 12.9. The normalized spacial score (nSPS) is 20.4. The largest absolute Gasteiger partial charge is 0.309 e. The standard InChI is InChI=1S/C52H45N5/c1-33-26-37-28-34(2)46(43(27-33)29-37)30-35-12-16-38(17-13-35)42-22-25-49-47(31-42)45-10-6-7-11-48(45)57(49)44-23-20-41(21-24-44)52-55-50(39-8-4-3-5-9-39)54-51(56-52)40-18-14-36(32-53)15-19-40/h3-25,31,33-34,37,43,46H,26-30H2,1-2H3/t33-,34+,37-,43?,46?/m0/s1. The first-order chi connectivity index (χ1) is 28.0. The predicted octanol–water partition coefficient (Wildman–Crippen LogP) is 12.8. The highest BCUT2D eigenvalue weighted by Gasteiger charge is 2.39. The molecule has 278 valence electrons. The van der Waals surface area contributed by atoms with Crippen molar-refractivity contribution in [1.29, 1.82) is 5.26 Å². The second kappa shape index (κ2) is 14.6. The number of aromatic nitrogens is 4. The Morgan fingerprint density at radius 1 is 0.561 bits per heavy atom. The molecule has 0 N–H and O–H groups in total. The van der Waals surface area contributed by atoms with Crippen LogP contribution < -0.4 is 0 Å². The Hall–Kier alpha value is -6.38. The summed E-state index contributed by atoms with van der Waals surface area (Å²) in [4.78, 5) is 14.7. The van der Waals surface area contributed by atoms with E-state index in [9.17, 15) is 5.26 Å². The molecule has 0 spiro atoms. The van der Waals surface area contributed by atoms with Gasteiger partial charge in [0.1, 0.15) is 0 Å². The van der Waals surface area contributed by atoms with Gasteiger partial charge in [0.2, 0.25) is 0 Å². The molecule has 2 aliphatic rings. The average molecular weight is 740 g/mol. The molecule has 10 rings (SSSR count). The van der Waals surface area contributed by atoms with Crippen LogP contribution in [0.25, 0.3) is 72.8 Å². The number of benzene rings is 6. The van der Waals surface area contributed by atoms with Crippen LogP contribution in [0.3, 0.4) is 0 Å². The molecule has 0 saturated heterocycles. The Kier molecular flexibility index (Phi) is 8.98. The van der Waals surface area contributed by atoms with E-state index in [1.165, 1.54) is 70.6 Å². The van der Waals surface area contributed by atoms with Gasteiger partial charge in [-0.1, -0.05) is 92.7 Å². The van der Waals surface area contributed by atoms with Gasteiger partial charge in [-0.25, -0.2) is 15.0 Å². The molecule has 8 aromatic rings. The van der Waals surface area contributed by atoms with E-state index in [1.807, 2.05) is 42.5 Å². The maximum Gasteiger partial charge on any atom is 0.164 e. The van der Waals surface area contributed by atoms with Crippen LogP contribution in [0, 0.1) is 40.9 Å². The molecule has 5 atom stereocenters. The zero-order valence-electron chi connectivity index (χ0n) is 32.5. The maximum absolute atomic E-state index is 9.34. The molecule has 0 amide bonds. The zero-order valence-corrected chi connectivity index (χ0v) is 32.5. The van der Waals surface area contributed by atoms with Gasteiger partial charge in [0.05, 0.1) is 22.7 Å². The van der Waals surface area contributed by atoms with Crippen LogP contribution in [0.15, 0.2) is 146 Å². The van der Waals surface area contributed by atoms with Crippen molar-refractivity contribution >= 4 is 21.8 Å². The quantitative estimate of drug-likeness (QED) is 0.163. The minimum atomic E-state index is 0.566. The molecule has 2 bridgehead atoms. The summed E-state index contributed by atoms with van der Waals surface area (Å²) in [6.45, 7) is 4.99. The van der Waals surface area contributed by atoms with Crippen molar-refractivity contribution in [1.82, 2.24) is 19.5 Å². The molecule has 5 nitrogen and oxygen atoms in total. The van der Waals surface area contributed by atoms with E-state index in [1.54, 1.807) is 12.1 Å². The smallest absolute Gasteiger partial charge is 0.164 e. The Labute approximate surface area is 334 Å². The topological polar surface area (TPSA) is 67.4 Å². The predicted molar refractivity (Wildman–Crippen MR) is 232 cm³/mol. The lowest BCUT2D eigenvalue weighted by atomic mass is 9.59. The van der Waals surface area contributed by atoms with E-state index in [2.05, 4.69) is 115 Å². The molecule has 0 radical (unpaired) electrons. The first-order valence-electron chi connectivity index (χ1n) is 20.5. The molecule has 0 aliphatic heterocycles.